The second-order valence-electron chi connectivity index (χ2n) is 4.33. The molecule has 0 spiro atoms. The van der Waals surface area contributed by atoms with Crippen molar-refractivity contribution in [3.05, 3.63) is 58.9 Å². The molecule has 0 aliphatic carbocycles. The van der Waals surface area contributed by atoms with Gasteiger partial charge in [0.1, 0.15) is 11.5 Å². The van der Waals surface area contributed by atoms with Crippen LogP contribution in [0.4, 0.5) is 0 Å². The normalized spacial score (nSPS) is 10.7. The molecule has 3 rings (SSSR count). The predicted octanol–water partition coefficient (Wildman–Crippen LogP) is 2.61. The second kappa shape index (κ2) is 4.17. The lowest BCUT2D eigenvalue weighted by molar-refractivity contribution is 0.475. The molecule has 19 heavy (non-hydrogen) atoms. The lowest BCUT2D eigenvalue weighted by Crippen LogP contribution is -2.08. The van der Waals surface area contributed by atoms with Crippen molar-refractivity contribution in [2.45, 2.75) is 0 Å². The molecule has 94 valence electrons. The van der Waals surface area contributed by atoms with Gasteiger partial charge in [0.05, 0.1) is 0 Å². The third-order valence-electron chi connectivity index (χ3n) is 3.01. The summed E-state index contributed by atoms with van der Waals surface area (Å²) in [6.45, 7) is 0. The summed E-state index contributed by atoms with van der Waals surface area (Å²) in [5, 5.41) is 19.5. The number of fused-ring (bicyclic) bond motifs is 1. The number of hydrogen-bond donors (Lipinski definition) is 3. The Morgan fingerprint density at radius 3 is 2.26 bits per heavy atom. The Bertz CT molecular complexity index is 804. The summed E-state index contributed by atoms with van der Waals surface area (Å²) in [6.07, 6.45) is 0. The maximum Gasteiger partial charge on any atom is 0.256 e. The van der Waals surface area contributed by atoms with Crippen molar-refractivity contribution in [3.8, 4) is 22.6 Å². The first-order valence-electron chi connectivity index (χ1n) is 5.79. The number of benzene rings is 2. The molecule has 0 aliphatic rings. The van der Waals surface area contributed by atoms with Gasteiger partial charge in [0.15, 0.2) is 0 Å². The minimum atomic E-state index is -0.205. The molecule has 2 aromatic carbocycles. The van der Waals surface area contributed by atoms with Gasteiger partial charge in [-0.2, -0.15) is 0 Å². The van der Waals surface area contributed by atoms with Gasteiger partial charge >= 0.3 is 0 Å². The Kier molecular flexibility index (Phi) is 2.49. The number of phenols is 2. The molecule has 1 heterocycles. The number of H-pyrrole nitrogens is 1. The van der Waals surface area contributed by atoms with Crippen LogP contribution in [0.2, 0.25) is 0 Å². The molecule has 0 unspecified atom stereocenters. The van der Waals surface area contributed by atoms with Gasteiger partial charge in [0.25, 0.3) is 5.56 Å². The third kappa shape index (κ3) is 2.04. The summed E-state index contributed by atoms with van der Waals surface area (Å²) >= 11 is 0. The molecule has 0 fully saturated rings. The van der Waals surface area contributed by atoms with E-state index in [1.807, 2.05) is 0 Å². The first-order chi connectivity index (χ1) is 9.13. The van der Waals surface area contributed by atoms with E-state index >= 15 is 0 Å². The number of pyridine rings is 1. The minimum Gasteiger partial charge on any atom is -0.508 e. The summed E-state index contributed by atoms with van der Waals surface area (Å²) in [5.41, 5.74) is 1.68. The van der Waals surface area contributed by atoms with Crippen LogP contribution in [0.5, 0.6) is 11.5 Å². The molecule has 0 saturated carbocycles. The number of aromatic amines is 1. The van der Waals surface area contributed by atoms with Crippen molar-refractivity contribution in [3.63, 3.8) is 0 Å². The Labute approximate surface area is 108 Å². The van der Waals surface area contributed by atoms with Crippen LogP contribution in [0.1, 0.15) is 0 Å². The van der Waals surface area contributed by atoms with E-state index in [-0.39, 0.29) is 17.1 Å². The van der Waals surface area contributed by atoms with Crippen LogP contribution in [0.25, 0.3) is 22.0 Å². The first-order valence-corrected chi connectivity index (χ1v) is 5.79. The molecule has 0 aliphatic heterocycles. The molecular formula is C15H11NO3. The fourth-order valence-electron chi connectivity index (χ4n) is 2.05. The highest BCUT2D eigenvalue weighted by Gasteiger charge is 2.06. The van der Waals surface area contributed by atoms with E-state index in [0.29, 0.717) is 16.6 Å². The quantitative estimate of drug-likeness (QED) is 0.624. The lowest BCUT2D eigenvalue weighted by atomic mass is 10.0. The van der Waals surface area contributed by atoms with Crippen LogP contribution >= 0.6 is 0 Å². The maximum absolute atomic E-state index is 12.0. The smallest absolute Gasteiger partial charge is 0.256 e. The van der Waals surface area contributed by atoms with Crippen LogP contribution in [-0.2, 0) is 0 Å². The zero-order chi connectivity index (χ0) is 13.4. The fraction of sp³-hybridized carbons (Fsp3) is 0. The summed E-state index contributed by atoms with van der Waals surface area (Å²) in [4.78, 5) is 14.8. The third-order valence-corrected chi connectivity index (χ3v) is 3.01. The molecule has 0 bridgehead atoms. The molecule has 3 N–H and O–H groups in total. The van der Waals surface area contributed by atoms with Crippen LogP contribution in [-0.4, -0.2) is 15.2 Å². The highest BCUT2D eigenvalue weighted by molar-refractivity contribution is 5.84. The number of rotatable bonds is 1. The minimum absolute atomic E-state index is 0.149. The van der Waals surface area contributed by atoms with Gasteiger partial charge in [-0.3, -0.25) is 4.79 Å². The Morgan fingerprint density at radius 1 is 0.842 bits per heavy atom. The average molecular weight is 253 g/mol. The van der Waals surface area contributed by atoms with Gasteiger partial charge in [-0.25, -0.2) is 0 Å². The summed E-state index contributed by atoms with van der Waals surface area (Å²) < 4.78 is 0. The lowest BCUT2D eigenvalue weighted by Gasteiger charge is -2.04. The standard InChI is InChI=1S/C15H11NO3/c17-11-3-1-9(2-4-11)13-8-10-7-12(18)5-6-14(10)16-15(13)19/h1-8,17-18H,(H,16,19). The topological polar surface area (TPSA) is 73.3 Å². The molecule has 3 aromatic rings. The van der Waals surface area contributed by atoms with E-state index in [4.69, 9.17) is 0 Å². The van der Waals surface area contributed by atoms with Crippen molar-refractivity contribution in [1.29, 1.82) is 0 Å². The first kappa shape index (κ1) is 11.3. The van der Waals surface area contributed by atoms with E-state index in [9.17, 15) is 15.0 Å². The van der Waals surface area contributed by atoms with Crippen molar-refractivity contribution in [2.75, 3.05) is 0 Å². The number of nitrogens with one attached hydrogen (secondary N) is 1. The van der Waals surface area contributed by atoms with Gasteiger partial charge in [0.2, 0.25) is 0 Å². The van der Waals surface area contributed by atoms with Crippen molar-refractivity contribution >= 4 is 10.9 Å². The predicted molar refractivity (Wildman–Crippen MR) is 73.3 cm³/mol. The van der Waals surface area contributed by atoms with Gasteiger partial charge < -0.3 is 15.2 Å². The van der Waals surface area contributed by atoms with Crippen LogP contribution in [0, 0.1) is 0 Å². The number of phenolic OH excluding ortho intramolecular Hbond substituents is 2. The Hall–Kier alpha value is -2.75. The van der Waals surface area contributed by atoms with Gasteiger partial charge in [-0.1, -0.05) is 12.1 Å². The van der Waals surface area contributed by atoms with Gasteiger partial charge in [-0.15, -0.1) is 0 Å². The Morgan fingerprint density at radius 2 is 1.53 bits per heavy atom. The van der Waals surface area contributed by atoms with Gasteiger partial charge in [0, 0.05) is 16.5 Å². The summed E-state index contributed by atoms with van der Waals surface area (Å²) in [6, 6.07) is 12.9. The maximum atomic E-state index is 12.0. The van der Waals surface area contributed by atoms with Crippen LogP contribution in [0.15, 0.2) is 53.3 Å². The SMILES string of the molecule is O=c1[nH]c2ccc(O)cc2cc1-c1ccc(O)cc1. The zero-order valence-corrected chi connectivity index (χ0v) is 9.92. The highest BCUT2D eigenvalue weighted by atomic mass is 16.3. The fourth-order valence-corrected chi connectivity index (χ4v) is 2.05. The summed E-state index contributed by atoms with van der Waals surface area (Å²) in [5.74, 6) is 0.301. The van der Waals surface area contributed by atoms with Crippen molar-refractivity contribution in [2.24, 2.45) is 0 Å². The van der Waals surface area contributed by atoms with Crippen LogP contribution in [0.3, 0.4) is 0 Å². The largest absolute Gasteiger partial charge is 0.508 e. The van der Waals surface area contributed by atoms with E-state index in [1.165, 1.54) is 18.2 Å². The monoisotopic (exact) mass is 253 g/mol. The van der Waals surface area contributed by atoms with Gasteiger partial charge in [-0.05, 0) is 42.0 Å². The molecule has 4 heteroatoms. The van der Waals surface area contributed by atoms with Crippen LogP contribution < -0.4 is 5.56 Å². The average Bonchev–Trinajstić information content (AvgIpc) is 2.40. The van der Waals surface area contributed by atoms with E-state index in [2.05, 4.69) is 4.98 Å². The zero-order valence-electron chi connectivity index (χ0n) is 9.92. The van der Waals surface area contributed by atoms with Crippen molar-refractivity contribution in [1.82, 2.24) is 4.98 Å². The molecule has 4 nitrogen and oxygen atoms in total. The van der Waals surface area contributed by atoms with E-state index < -0.39 is 0 Å². The molecule has 0 saturated heterocycles. The number of hydrogen-bond acceptors (Lipinski definition) is 3. The molecular weight excluding hydrogens is 242 g/mol. The molecule has 0 atom stereocenters. The van der Waals surface area contributed by atoms with Crippen molar-refractivity contribution < 1.29 is 10.2 Å². The Balaban J connectivity index is 2.26. The number of aromatic hydroxyl groups is 2. The molecule has 0 radical (unpaired) electrons. The molecule has 1 aromatic heterocycles. The number of aromatic nitrogens is 1. The second-order valence-corrected chi connectivity index (χ2v) is 4.33. The summed E-state index contributed by atoms with van der Waals surface area (Å²) in [7, 11) is 0. The van der Waals surface area contributed by atoms with E-state index in [1.54, 1.807) is 30.3 Å². The molecule has 0 amide bonds. The van der Waals surface area contributed by atoms with E-state index in [0.717, 1.165) is 5.39 Å². The highest BCUT2D eigenvalue weighted by Crippen LogP contribution is 2.23.